The summed E-state index contributed by atoms with van der Waals surface area (Å²) in [7, 11) is 0. The molecule has 1 amide bonds. The van der Waals surface area contributed by atoms with Gasteiger partial charge in [-0.2, -0.15) is 0 Å². The van der Waals surface area contributed by atoms with Gasteiger partial charge in [0.1, 0.15) is 5.82 Å². The molecule has 0 spiro atoms. The molecule has 1 heterocycles. The van der Waals surface area contributed by atoms with Crippen LogP contribution in [-0.4, -0.2) is 35.0 Å². The van der Waals surface area contributed by atoms with Crippen molar-refractivity contribution in [3.63, 3.8) is 0 Å². The molecule has 1 saturated heterocycles. The predicted molar refractivity (Wildman–Crippen MR) is 62.8 cm³/mol. The molecule has 18 heavy (non-hydrogen) atoms. The van der Waals surface area contributed by atoms with Crippen LogP contribution in [0.15, 0.2) is 18.2 Å². The van der Waals surface area contributed by atoms with E-state index >= 15 is 0 Å². The third kappa shape index (κ3) is 2.20. The zero-order chi connectivity index (χ0) is 13.3. The second-order valence-electron chi connectivity index (χ2n) is 4.51. The average molecular weight is 251 g/mol. The van der Waals surface area contributed by atoms with Crippen molar-refractivity contribution in [2.24, 2.45) is 5.92 Å². The van der Waals surface area contributed by atoms with E-state index in [2.05, 4.69) is 0 Å². The third-order valence-electron chi connectivity index (χ3n) is 3.25. The number of hydrogen-bond donors (Lipinski definition) is 1. The van der Waals surface area contributed by atoms with Crippen LogP contribution in [0.1, 0.15) is 22.3 Å². The minimum Gasteiger partial charge on any atom is -0.481 e. The fraction of sp³-hybridized carbons (Fsp3) is 0.385. The van der Waals surface area contributed by atoms with Crippen molar-refractivity contribution in [2.75, 3.05) is 13.1 Å². The number of nitrogens with zero attached hydrogens (tertiary/aromatic N) is 1. The first-order valence-corrected chi connectivity index (χ1v) is 5.78. The quantitative estimate of drug-likeness (QED) is 0.870. The lowest BCUT2D eigenvalue weighted by molar-refractivity contribution is -0.141. The van der Waals surface area contributed by atoms with Crippen LogP contribution in [-0.2, 0) is 4.79 Å². The largest absolute Gasteiger partial charge is 0.481 e. The van der Waals surface area contributed by atoms with Crippen LogP contribution in [0.25, 0.3) is 0 Å². The third-order valence-corrected chi connectivity index (χ3v) is 3.25. The highest BCUT2D eigenvalue weighted by atomic mass is 19.1. The van der Waals surface area contributed by atoms with Crippen molar-refractivity contribution >= 4 is 11.9 Å². The summed E-state index contributed by atoms with van der Waals surface area (Å²) in [6.45, 7) is 2.11. The molecule has 0 bridgehead atoms. The van der Waals surface area contributed by atoms with E-state index in [-0.39, 0.29) is 12.1 Å². The van der Waals surface area contributed by atoms with Crippen molar-refractivity contribution in [1.29, 1.82) is 0 Å². The molecule has 2 rings (SSSR count). The van der Waals surface area contributed by atoms with Gasteiger partial charge in [0.2, 0.25) is 0 Å². The molecule has 1 aliphatic rings. The van der Waals surface area contributed by atoms with Crippen molar-refractivity contribution in [3.8, 4) is 0 Å². The molecule has 1 aliphatic heterocycles. The van der Waals surface area contributed by atoms with E-state index in [9.17, 15) is 14.0 Å². The van der Waals surface area contributed by atoms with Crippen LogP contribution in [0.2, 0.25) is 0 Å². The highest BCUT2D eigenvalue weighted by molar-refractivity contribution is 5.95. The van der Waals surface area contributed by atoms with Gasteiger partial charge in [0.25, 0.3) is 5.91 Å². The SMILES string of the molecule is Cc1cccc(C(=O)N2CC[C@@H](C(=O)O)C2)c1F. The molecule has 0 radical (unpaired) electrons. The zero-order valence-electron chi connectivity index (χ0n) is 10.0. The maximum atomic E-state index is 13.8. The Bertz CT molecular complexity index is 501. The first-order chi connectivity index (χ1) is 8.50. The molecule has 4 nitrogen and oxygen atoms in total. The van der Waals surface area contributed by atoms with E-state index in [1.54, 1.807) is 19.1 Å². The maximum Gasteiger partial charge on any atom is 0.308 e. The van der Waals surface area contributed by atoms with Gasteiger partial charge in [0.05, 0.1) is 11.5 Å². The van der Waals surface area contributed by atoms with E-state index in [0.29, 0.717) is 18.5 Å². The summed E-state index contributed by atoms with van der Waals surface area (Å²) in [5.41, 5.74) is 0.427. The summed E-state index contributed by atoms with van der Waals surface area (Å²) in [5, 5.41) is 8.87. The summed E-state index contributed by atoms with van der Waals surface area (Å²) < 4.78 is 13.8. The van der Waals surface area contributed by atoms with Crippen LogP contribution in [0.3, 0.4) is 0 Å². The molecule has 1 aromatic rings. The highest BCUT2D eigenvalue weighted by Gasteiger charge is 2.32. The van der Waals surface area contributed by atoms with E-state index in [1.807, 2.05) is 0 Å². The van der Waals surface area contributed by atoms with E-state index in [1.165, 1.54) is 11.0 Å². The summed E-state index contributed by atoms with van der Waals surface area (Å²) in [5.74, 6) is -2.40. The van der Waals surface area contributed by atoms with Gasteiger partial charge < -0.3 is 10.0 Å². The Kier molecular flexibility index (Phi) is 3.32. The van der Waals surface area contributed by atoms with Gasteiger partial charge in [-0.15, -0.1) is 0 Å². The van der Waals surface area contributed by atoms with E-state index in [0.717, 1.165) is 0 Å². The monoisotopic (exact) mass is 251 g/mol. The van der Waals surface area contributed by atoms with Crippen molar-refractivity contribution in [2.45, 2.75) is 13.3 Å². The Morgan fingerprint density at radius 3 is 2.78 bits per heavy atom. The fourth-order valence-electron chi connectivity index (χ4n) is 2.13. The lowest BCUT2D eigenvalue weighted by Crippen LogP contribution is -2.30. The Hall–Kier alpha value is -1.91. The second kappa shape index (κ2) is 4.76. The van der Waals surface area contributed by atoms with Crippen LogP contribution in [0.5, 0.6) is 0 Å². The summed E-state index contributed by atoms with van der Waals surface area (Å²) in [6, 6.07) is 4.64. The standard InChI is InChI=1S/C13H14FNO3/c1-8-3-2-4-10(11(8)14)12(16)15-6-5-9(7-15)13(17)18/h2-4,9H,5-7H2,1H3,(H,17,18)/t9-/m1/s1. The molecule has 0 saturated carbocycles. The Labute approximate surface area is 104 Å². The molecule has 0 aromatic heterocycles. The number of carbonyl (C=O) groups excluding carboxylic acids is 1. The van der Waals surface area contributed by atoms with Gasteiger partial charge in [-0.25, -0.2) is 4.39 Å². The molecular formula is C13H14FNO3. The number of aliphatic carboxylic acids is 1. The highest BCUT2D eigenvalue weighted by Crippen LogP contribution is 2.21. The van der Waals surface area contributed by atoms with Gasteiger partial charge in [0.15, 0.2) is 0 Å². The van der Waals surface area contributed by atoms with Gasteiger partial charge in [-0.1, -0.05) is 12.1 Å². The molecule has 96 valence electrons. The predicted octanol–water partition coefficient (Wildman–Crippen LogP) is 1.68. The number of amides is 1. The molecule has 1 N–H and O–H groups in total. The number of likely N-dealkylation sites (tertiary alicyclic amines) is 1. The van der Waals surface area contributed by atoms with Crippen molar-refractivity contribution in [1.82, 2.24) is 4.90 Å². The minimum absolute atomic E-state index is 0.0149. The lowest BCUT2D eigenvalue weighted by atomic mass is 10.1. The van der Waals surface area contributed by atoms with Crippen LogP contribution >= 0.6 is 0 Å². The number of carbonyl (C=O) groups is 2. The maximum absolute atomic E-state index is 13.8. The number of hydrogen-bond acceptors (Lipinski definition) is 2. The first kappa shape index (κ1) is 12.5. The van der Waals surface area contributed by atoms with Gasteiger partial charge in [0, 0.05) is 13.1 Å². The van der Waals surface area contributed by atoms with Gasteiger partial charge >= 0.3 is 5.97 Å². The van der Waals surface area contributed by atoms with Crippen LogP contribution in [0.4, 0.5) is 4.39 Å². The van der Waals surface area contributed by atoms with Gasteiger partial charge in [-0.3, -0.25) is 9.59 Å². The molecule has 5 heteroatoms. The minimum atomic E-state index is -0.907. The fourth-order valence-corrected chi connectivity index (χ4v) is 2.13. The van der Waals surface area contributed by atoms with Crippen LogP contribution < -0.4 is 0 Å². The van der Waals surface area contributed by atoms with Crippen molar-refractivity contribution < 1.29 is 19.1 Å². The Morgan fingerprint density at radius 1 is 1.44 bits per heavy atom. The lowest BCUT2D eigenvalue weighted by Gasteiger charge is -2.16. The summed E-state index contributed by atoms with van der Waals surface area (Å²) in [6.07, 6.45) is 0.425. The molecular weight excluding hydrogens is 237 g/mol. The zero-order valence-corrected chi connectivity index (χ0v) is 10.0. The van der Waals surface area contributed by atoms with E-state index < -0.39 is 23.6 Å². The first-order valence-electron chi connectivity index (χ1n) is 5.78. The normalized spacial score (nSPS) is 19.0. The summed E-state index contributed by atoms with van der Waals surface area (Å²) in [4.78, 5) is 24.3. The number of carboxylic acids is 1. The number of carboxylic acid groups (broad SMARTS) is 1. The molecule has 1 aromatic carbocycles. The molecule has 0 aliphatic carbocycles. The smallest absolute Gasteiger partial charge is 0.308 e. The molecule has 1 fully saturated rings. The Balaban J connectivity index is 2.18. The number of rotatable bonds is 2. The van der Waals surface area contributed by atoms with Crippen LogP contribution in [0, 0.1) is 18.7 Å². The molecule has 1 atom stereocenters. The topological polar surface area (TPSA) is 57.6 Å². The molecule has 0 unspecified atom stereocenters. The number of halogens is 1. The van der Waals surface area contributed by atoms with Crippen molar-refractivity contribution in [3.05, 3.63) is 35.1 Å². The Morgan fingerprint density at radius 2 is 2.17 bits per heavy atom. The number of aryl methyl sites for hydroxylation is 1. The van der Waals surface area contributed by atoms with Gasteiger partial charge in [-0.05, 0) is 25.0 Å². The second-order valence-corrected chi connectivity index (χ2v) is 4.51. The summed E-state index contributed by atoms with van der Waals surface area (Å²) >= 11 is 0. The number of benzene rings is 1. The average Bonchev–Trinajstić information content (AvgIpc) is 2.81. The van der Waals surface area contributed by atoms with E-state index in [4.69, 9.17) is 5.11 Å².